The molecule has 0 saturated heterocycles. The van der Waals surface area contributed by atoms with E-state index in [2.05, 4.69) is 20.8 Å². The Kier molecular flexibility index (Phi) is 10.9. The van der Waals surface area contributed by atoms with E-state index in [-0.39, 0.29) is 37.1 Å². The summed E-state index contributed by atoms with van der Waals surface area (Å²) >= 11 is 8.37. The van der Waals surface area contributed by atoms with Crippen LogP contribution in [0.2, 0.25) is 5.02 Å². The van der Waals surface area contributed by atoms with Gasteiger partial charge in [-0.15, -0.1) is 21.5 Å². The number of hydrogen-bond acceptors (Lipinski definition) is 11. The van der Waals surface area contributed by atoms with Crippen LogP contribution >= 0.6 is 34.7 Å². The number of nitro benzene ring substituents is 1. The molecule has 0 radical (unpaired) electrons. The van der Waals surface area contributed by atoms with Gasteiger partial charge in [0.05, 0.1) is 29.4 Å². The molecule has 16 heteroatoms. The number of nitrogens with zero attached hydrogens (tertiary/aromatic N) is 4. The molecule has 1 aliphatic rings. The Morgan fingerprint density at radius 3 is 2.52 bits per heavy atom. The van der Waals surface area contributed by atoms with Crippen LogP contribution in [0.5, 0.6) is 5.75 Å². The number of hydrogen-bond donors (Lipinski definition) is 2. The Morgan fingerprint density at radius 2 is 1.80 bits per heavy atom. The topological polar surface area (TPSA) is 168 Å². The van der Waals surface area contributed by atoms with Crippen LogP contribution in [0.15, 0.2) is 53.7 Å². The van der Waals surface area contributed by atoms with E-state index in [1.807, 2.05) is 0 Å². The first kappa shape index (κ1) is 32.9. The number of anilines is 1. The molecule has 2 aromatic heterocycles. The lowest BCUT2D eigenvalue weighted by molar-refractivity contribution is -0.384. The van der Waals surface area contributed by atoms with Gasteiger partial charge >= 0.3 is 5.97 Å². The first-order valence-corrected chi connectivity index (χ1v) is 16.5. The number of esters is 1. The van der Waals surface area contributed by atoms with Gasteiger partial charge in [0.25, 0.3) is 11.6 Å². The molecule has 2 N–H and O–H groups in total. The van der Waals surface area contributed by atoms with Crippen molar-refractivity contribution < 1.29 is 28.8 Å². The van der Waals surface area contributed by atoms with Gasteiger partial charge in [-0.05, 0) is 74.6 Å². The van der Waals surface area contributed by atoms with Gasteiger partial charge in [0.15, 0.2) is 17.6 Å². The minimum absolute atomic E-state index is 0.0385. The van der Waals surface area contributed by atoms with Gasteiger partial charge in [-0.25, -0.2) is 4.79 Å². The molecule has 0 spiro atoms. The highest BCUT2D eigenvalue weighted by Gasteiger charge is 2.27. The third-order valence-corrected chi connectivity index (χ3v) is 9.27. The van der Waals surface area contributed by atoms with Crippen LogP contribution in [0.4, 0.5) is 10.7 Å². The molecular weight excluding hydrogens is 656 g/mol. The fraction of sp³-hybridized carbons (Fsp3) is 0.300. The molecule has 240 valence electrons. The second-order valence-corrected chi connectivity index (χ2v) is 12.5. The zero-order valence-electron chi connectivity index (χ0n) is 24.6. The average molecular weight is 685 g/mol. The second-order valence-electron chi connectivity index (χ2n) is 10.00. The summed E-state index contributed by atoms with van der Waals surface area (Å²) in [7, 11) is 0. The van der Waals surface area contributed by atoms with Gasteiger partial charge in [-0.2, -0.15) is 0 Å². The van der Waals surface area contributed by atoms with Crippen molar-refractivity contribution in [3.63, 3.8) is 0 Å². The fourth-order valence-electron chi connectivity index (χ4n) is 4.77. The van der Waals surface area contributed by atoms with Crippen molar-refractivity contribution in [3.05, 3.63) is 85.5 Å². The molecule has 13 nitrogen and oxygen atoms in total. The van der Waals surface area contributed by atoms with Crippen molar-refractivity contribution in [2.24, 2.45) is 0 Å². The molecule has 1 aliphatic carbocycles. The van der Waals surface area contributed by atoms with E-state index in [0.717, 1.165) is 47.9 Å². The van der Waals surface area contributed by atoms with Gasteiger partial charge in [0.1, 0.15) is 10.8 Å². The monoisotopic (exact) mass is 684 g/mol. The van der Waals surface area contributed by atoms with Crippen molar-refractivity contribution in [3.8, 4) is 11.4 Å². The van der Waals surface area contributed by atoms with Crippen molar-refractivity contribution in [2.75, 3.05) is 24.3 Å². The van der Waals surface area contributed by atoms with Crippen LogP contribution in [0, 0.1) is 10.1 Å². The van der Waals surface area contributed by atoms with Gasteiger partial charge in [-0.3, -0.25) is 24.3 Å². The SMILES string of the molecule is CCOC(=O)c1c(NC(=O)CSc2nnc(CNC(=O)COc3ccc(Cl)cc3)n2-c2ccc([N+](=O)[O-])cc2)sc2c1CCCC2. The maximum absolute atomic E-state index is 13.1. The summed E-state index contributed by atoms with van der Waals surface area (Å²) < 4.78 is 12.4. The molecule has 5 rings (SSSR count). The number of nitro groups is 1. The highest BCUT2D eigenvalue weighted by atomic mass is 35.5. The van der Waals surface area contributed by atoms with Gasteiger partial charge in [-0.1, -0.05) is 23.4 Å². The number of thiophene rings is 1. The summed E-state index contributed by atoms with van der Waals surface area (Å²) in [6.07, 6.45) is 3.60. The van der Waals surface area contributed by atoms with E-state index >= 15 is 0 Å². The maximum atomic E-state index is 13.1. The standard InChI is InChI=1S/C30H29ClN6O7S2/c1-2-43-29(40)27-22-5-3-4-6-23(22)46-28(27)33-26(39)17-45-30-35-34-24(36(30)19-9-11-20(12-10-19)37(41)42)15-32-25(38)16-44-21-13-7-18(31)8-14-21/h7-14H,2-6,15-17H2,1H3,(H,32,38)(H,33,39). The van der Waals surface area contributed by atoms with Gasteiger partial charge < -0.3 is 20.1 Å². The van der Waals surface area contributed by atoms with Crippen molar-refractivity contribution >= 4 is 63.2 Å². The molecule has 0 unspecified atom stereocenters. The smallest absolute Gasteiger partial charge is 0.341 e. The number of benzene rings is 2. The van der Waals surface area contributed by atoms with Gasteiger partial charge in [0, 0.05) is 27.7 Å². The molecular formula is C30H29ClN6O7S2. The largest absolute Gasteiger partial charge is 0.484 e. The minimum Gasteiger partial charge on any atom is -0.484 e. The van der Waals surface area contributed by atoms with Crippen molar-refractivity contribution in [1.82, 2.24) is 20.1 Å². The zero-order valence-corrected chi connectivity index (χ0v) is 27.0. The van der Waals surface area contributed by atoms with E-state index < -0.39 is 16.8 Å². The third kappa shape index (κ3) is 8.02. The fourth-order valence-corrected chi connectivity index (χ4v) is 6.96. The molecule has 46 heavy (non-hydrogen) atoms. The highest BCUT2D eigenvalue weighted by molar-refractivity contribution is 7.99. The summed E-state index contributed by atoms with van der Waals surface area (Å²) in [4.78, 5) is 50.2. The highest BCUT2D eigenvalue weighted by Crippen LogP contribution is 2.39. The number of thioether (sulfide) groups is 1. The Bertz CT molecular complexity index is 1740. The van der Waals surface area contributed by atoms with Crippen LogP contribution in [-0.4, -0.2) is 56.4 Å². The molecule has 0 fully saturated rings. The molecule has 0 bridgehead atoms. The zero-order chi connectivity index (χ0) is 32.6. The number of amides is 2. The summed E-state index contributed by atoms with van der Waals surface area (Å²) in [5, 5.41) is 26.6. The lowest BCUT2D eigenvalue weighted by atomic mass is 9.95. The molecule has 0 aliphatic heterocycles. The Labute approximate surface area is 276 Å². The molecule has 4 aromatic rings. The molecule has 2 heterocycles. The summed E-state index contributed by atoms with van der Waals surface area (Å²) in [5.41, 5.74) is 1.76. The second kappa shape index (κ2) is 15.2. The summed E-state index contributed by atoms with van der Waals surface area (Å²) in [5.74, 6) is -0.501. The number of non-ortho nitro benzene ring substituents is 1. The van der Waals surface area contributed by atoms with Gasteiger partial charge in [0.2, 0.25) is 5.91 Å². The molecule has 0 saturated carbocycles. The lowest BCUT2D eigenvalue weighted by Crippen LogP contribution is -2.29. The lowest BCUT2D eigenvalue weighted by Gasteiger charge is -2.12. The van der Waals surface area contributed by atoms with E-state index in [9.17, 15) is 24.5 Å². The van der Waals surface area contributed by atoms with E-state index in [1.165, 1.54) is 35.6 Å². The number of carbonyl (C=O) groups excluding carboxylic acids is 3. The number of halogens is 1. The molecule has 0 atom stereocenters. The number of nitrogens with one attached hydrogen (secondary N) is 2. The summed E-state index contributed by atoms with van der Waals surface area (Å²) in [6, 6.07) is 12.3. The molecule has 2 aromatic carbocycles. The minimum atomic E-state index is -0.509. The van der Waals surface area contributed by atoms with E-state index in [4.69, 9.17) is 21.1 Å². The van der Waals surface area contributed by atoms with Crippen LogP contribution in [0.1, 0.15) is 46.4 Å². The number of fused-ring (bicyclic) bond motifs is 1. The van der Waals surface area contributed by atoms with E-state index in [0.29, 0.717) is 38.0 Å². The van der Waals surface area contributed by atoms with Crippen LogP contribution < -0.4 is 15.4 Å². The first-order valence-electron chi connectivity index (χ1n) is 14.3. The number of aryl methyl sites for hydroxylation is 1. The predicted molar refractivity (Wildman–Crippen MR) is 173 cm³/mol. The quantitative estimate of drug-likeness (QED) is 0.0808. The normalized spacial score (nSPS) is 12.2. The average Bonchev–Trinajstić information content (AvgIpc) is 3.63. The Hall–Kier alpha value is -4.47. The Morgan fingerprint density at radius 1 is 1.07 bits per heavy atom. The third-order valence-electron chi connectivity index (χ3n) is 6.88. The summed E-state index contributed by atoms with van der Waals surface area (Å²) in [6.45, 7) is 1.67. The van der Waals surface area contributed by atoms with Crippen molar-refractivity contribution in [2.45, 2.75) is 44.3 Å². The number of ether oxygens (including phenoxy) is 2. The van der Waals surface area contributed by atoms with Crippen molar-refractivity contribution in [1.29, 1.82) is 0 Å². The first-order chi connectivity index (χ1) is 22.2. The number of rotatable bonds is 13. The van der Waals surface area contributed by atoms with Crippen LogP contribution in [-0.2, 0) is 33.7 Å². The van der Waals surface area contributed by atoms with Crippen LogP contribution in [0.3, 0.4) is 0 Å². The van der Waals surface area contributed by atoms with Crippen LogP contribution in [0.25, 0.3) is 5.69 Å². The predicted octanol–water partition coefficient (Wildman–Crippen LogP) is 5.37. The number of carbonyl (C=O) groups is 3. The molecule has 2 amide bonds. The van der Waals surface area contributed by atoms with E-state index in [1.54, 1.807) is 35.8 Å². The Balaban J connectivity index is 1.29. The number of aromatic nitrogens is 3. The maximum Gasteiger partial charge on any atom is 0.341 e.